The van der Waals surface area contributed by atoms with Crippen LogP contribution in [-0.2, 0) is 11.3 Å². The first-order valence-electron chi connectivity index (χ1n) is 5.66. The number of fused-ring (bicyclic) bond motifs is 1. The molecule has 0 fully saturated rings. The van der Waals surface area contributed by atoms with Gasteiger partial charge in [-0.15, -0.1) is 0 Å². The summed E-state index contributed by atoms with van der Waals surface area (Å²) in [6.45, 7) is 2.39. The molecule has 0 bridgehead atoms. The lowest BCUT2D eigenvalue weighted by molar-refractivity contribution is -0.132. The van der Waals surface area contributed by atoms with Gasteiger partial charge in [0.15, 0.2) is 0 Å². The highest BCUT2D eigenvalue weighted by Gasteiger charge is 2.21. The van der Waals surface area contributed by atoms with Crippen LogP contribution in [0.25, 0.3) is 6.08 Å². The third-order valence-electron chi connectivity index (χ3n) is 2.93. The first kappa shape index (κ1) is 11.4. The molecule has 1 atom stereocenters. The Morgan fingerprint density at radius 2 is 2.29 bits per heavy atom. The van der Waals surface area contributed by atoms with Crippen LogP contribution < -0.4 is 0 Å². The van der Waals surface area contributed by atoms with Gasteiger partial charge in [0.05, 0.1) is 12.6 Å². The summed E-state index contributed by atoms with van der Waals surface area (Å²) < 4.78 is 0. The normalized spacial score (nSPS) is 14.9. The van der Waals surface area contributed by atoms with Crippen LogP contribution >= 0.6 is 0 Å². The van der Waals surface area contributed by atoms with Crippen LogP contribution in [0.15, 0.2) is 30.5 Å². The van der Waals surface area contributed by atoms with E-state index in [1.165, 1.54) is 0 Å². The van der Waals surface area contributed by atoms with Crippen molar-refractivity contribution < 1.29 is 4.79 Å². The van der Waals surface area contributed by atoms with E-state index in [-0.39, 0.29) is 18.2 Å². The number of amides is 1. The van der Waals surface area contributed by atoms with E-state index in [4.69, 9.17) is 5.26 Å². The summed E-state index contributed by atoms with van der Waals surface area (Å²) in [5.74, 6) is -0.229. The summed E-state index contributed by atoms with van der Waals surface area (Å²) in [5.41, 5.74) is 2.30. The van der Waals surface area contributed by atoms with Crippen LogP contribution in [0.1, 0.15) is 24.5 Å². The average Bonchev–Trinajstić information content (AvgIpc) is 2.37. The van der Waals surface area contributed by atoms with Gasteiger partial charge in [0, 0.05) is 18.5 Å². The Kier molecular flexibility index (Phi) is 3.24. The van der Waals surface area contributed by atoms with E-state index in [1.807, 2.05) is 36.4 Å². The van der Waals surface area contributed by atoms with Crippen molar-refractivity contribution in [3.63, 3.8) is 0 Å². The average molecular weight is 226 g/mol. The van der Waals surface area contributed by atoms with Crippen LogP contribution in [0.4, 0.5) is 0 Å². The number of nitriles is 1. The van der Waals surface area contributed by atoms with Crippen LogP contribution in [0.5, 0.6) is 0 Å². The van der Waals surface area contributed by atoms with Crippen molar-refractivity contribution in [2.45, 2.75) is 19.9 Å². The van der Waals surface area contributed by atoms with Gasteiger partial charge in [0.1, 0.15) is 0 Å². The standard InChI is InChI=1S/C14H14N2O/c1-11(6-8-15)14(17)16-9-7-12-4-2-3-5-13(12)10-16/h2-5,7,9,11H,6,10H2,1H3. The lowest BCUT2D eigenvalue weighted by atomic mass is 10.0. The summed E-state index contributed by atoms with van der Waals surface area (Å²) in [6, 6.07) is 10.0. The van der Waals surface area contributed by atoms with Gasteiger partial charge in [0.25, 0.3) is 0 Å². The molecule has 1 aliphatic heterocycles. The SMILES string of the molecule is CC(CC#N)C(=O)N1C=Cc2ccccc2C1. The molecule has 1 aromatic carbocycles. The molecule has 3 nitrogen and oxygen atoms in total. The van der Waals surface area contributed by atoms with Crippen molar-refractivity contribution in [1.29, 1.82) is 5.26 Å². The van der Waals surface area contributed by atoms with Crippen molar-refractivity contribution in [3.05, 3.63) is 41.6 Å². The summed E-state index contributed by atoms with van der Waals surface area (Å²) in [7, 11) is 0. The van der Waals surface area contributed by atoms with Gasteiger partial charge in [-0.25, -0.2) is 0 Å². The molecule has 3 heteroatoms. The lowest BCUT2D eigenvalue weighted by Gasteiger charge is -2.25. The fraction of sp³-hybridized carbons (Fsp3) is 0.286. The maximum absolute atomic E-state index is 12.0. The number of nitrogens with zero attached hydrogens (tertiary/aromatic N) is 2. The zero-order valence-corrected chi connectivity index (χ0v) is 9.76. The number of hydrogen-bond acceptors (Lipinski definition) is 2. The molecular weight excluding hydrogens is 212 g/mol. The van der Waals surface area contributed by atoms with Crippen molar-refractivity contribution in [2.24, 2.45) is 5.92 Å². The third-order valence-corrected chi connectivity index (χ3v) is 2.93. The molecule has 1 aliphatic rings. The second-order valence-electron chi connectivity index (χ2n) is 4.24. The van der Waals surface area contributed by atoms with Gasteiger partial charge in [-0.2, -0.15) is 5.26 Å². The van der Waals surface area contributed by atoms with E-state index in [1.54, 1.807) is 18.0 Å². The Balaban J connectivity index is 2.13. The predicted octanol–water partition coefficient (Wildman–Crippen LogP) is 2.55. The molecule has 86 valence electrons. The van der Waals surface area contributed by atoms with E-state index >= 15 is 0 Å². The quantitative estimate of drug-likeness (QED) is 0.777. The van der Waals surface area contributed by atoms with Crippen molar-refractivity contribution in [2.75, 3.05) is 0 Å². The monoisotopic (exact) mass is 226 g/mol. The van der Waals surface area contributed by atoms with Crippen LogP contribution in [-0.4, -0.2) is 10.8 Å². The Hall–Kier alpha value is -2.08. The summed E-state index contributed by atoms with van der Waals surface area (Å²) in [6.07, 6.45) is 4.01. The Labute approximate surface area is 101 Å². The van der Waals surface area contributed by atoms with Crippen molar-refractivity contribution in [3.8, 4) is 6.07 Å². The number of carbonyl (C=O) groups excluding carboxylic acids is 1. The second-order valence-corrected chi connectivity index (χ2v) is 4.24. The maximum atomic E-state index is 12.0. The van der Waals surface area contributed by atoms with Gasteiger partial charge in [0.2, 0.25) is 5.91 Å². The first-order valence-corrected chi connectivity index (χ1v) is 5.66. The minimum atomic E-state index is -0.241. The van der Waals surface area contributed by atoms with Crippen molar-refractivity contribution >= 4 is 12.0 Å². The fourth-order valence-corrected chi connectivity index (χ4v) is 1.91. The lowest BCUT2D eigenvalue weighted by Crippen LogP contribution is -2.31. The molecule has 0 aromatic heterocycles. The molecule has 1 unspecified atom stereocenters. The highest BCUT2D eigenvalue weighted by atomic mass is 16.2. The summed E-state index contributed by atoms with van der Waals surface area (Å²) >= 11 is 0. The topological polar surface area (TPSA) is 44.1 Å². The second kappa shape index (κ2) is 4.84. The van der Waals surface area contributed by atoms with E-state index in [9.17, 15) is 4.79 Å². The van der Waals surface area contributed by atoms with Crippen molar-refractivity contribution in [1.82, 2.24) is 4.90 Å². The molecule has 0 saturated heterocycles. The molecular formula is C14H14N2O. The highest BCUT2D eigenvalue weighted by Crippen LogP contribution is 2.21. The van der Waals surface area contributed by atoms with Crippen LogP contribution in [0, 0.1) is 17.2 Å². The summed E-state index contributed by atoms with van der Waals surface area (Å²) in [5, 5.41) is 8.60. The van der Waals surface area contributed by atoms with E-state index in [2.05, 4.69) is 0 Å². The summed E-state index contributed by atoms with van der Waals surface area (Å²) in [4.78, 5) is 13.7. The van der Waals surface area contributed by atoms with E-state index in [0.717, 1.165) is 11.1 Å². The number of hydrogen-bond donors (Lipinski definition) is 0. The molecule has 0 N–H and O–H groups in total. The van der Waals surface area contributed by atoms with E-state index in [0.29, 0.717) is 6.54 Å². The Bertz CT molecular complexity index is 499. The molecule has 1 amide bonds. The van der Waals surface area contributed by atoms with E-state index < -0.39 is 0 Å². The van der Waals surface area contributed by atoms with Gasteiger partial charge >= 0.3 is 0 Å². The Morgan fingerprint density at radius 3 is 3.06 bits per heavy atom. The van der Waals surface area contributed by atoms with Gasteiger partial charge in [-0.1, -0.05) is 31.2 Å². The molecule has 0 spiro atoms. The van der Waals surface area contributed by atoms with Gasteiger partial charge < -0.3 is 4.90 Å². The number of rotatable bonds is 2. The zero-order valence-electron chi connectivity index (χ0n) is 9.76. The molecule has 1 aromatic rings. The minimum absolute atomic E-state index is 0.0114. The highest BCUT2D eigenvalue weighted by molar-refractivity contribution is 5.81. The first-order chi connectivity index (χ1) is 8.22. The number of benzene rings is 1. The molecule has 0 saturated carbocycles. The molecule has 17 heavy (non-hydrogen) atoms. The largest absolute Gasteiger partial charge is 0.314 e. The van der Waals surface area contributed by atoms with Gasteiger partial charge in [-0.05, 0) is 17.2 Å². The molecule has 0 aliphatic carbocycles. The number of carbonyl (C=O) groups is 1. The third kappa shape index (κ3) is 2.36. The van der Waals surface area contributed by atoms with Gasteiger partial charge in [-0.3, -0.25) is 4.79 Å². The minimum Gasteiger partial charge on any atom is -0.314 e. The van der Waals surface area contributed by atoms with Crippen LogP contribution in [0.2, 0.25) is 0 Å². The van der Waals surface area contributed by atoms with Crippen LogP contribution in [0.3, 0.4) is 0 Å². The molecule has 2 rings (SSSR count). The maximum Gasteiger partial charge on any atom is 0.230 e. The predicted molar refractivity (Wildman–Crippen MR) is 65.4 cm³/mol. The fourth-order valence-electron chi connectivity index (χ4n) is 1.91. The molecule has 1 heterocycles. The zero-order chi connectivity index (χ0) is 12.3. The Morgan fingerprint density at radius 1 is 1.53 bits per heavy atom. The molecule has 0 radical (unpaired) electrons. The smallest absolute Gasteiger partial charge is 0.230 e.